The van der Waals surface area contributed by atoms with E-state index in [4.69, 9.17) is 16.3 Å². The molecule has 27 heavy (non-hydrogen) atoms. The van der Waals surface area contributed by atoms with Crippen molar-refractivity contribution in [1.29, 1.82) is 0 Å². The number of benzene rings is 2. The SMILES string of the molecule is COc1ccc(Cl)cc1NCCC(=O)N(C)Cc1ccc(C(F)(F)F)cc1. The Kier molecular flexibility index (Phi) is 6.96. The first-order chi connectivity index (χ1) is 12.7. The molecule has 0 aliphatic carbocycles. The van der Waals surface area contributed by atoms with Crippen LogP contribution >= 0.6 is 11.6 Å². The van der Waals surface area contributed by atoms with Crippen LogP contribution in [0.15, 0.2) is 42.5 Å². The average Bonchev–Trinajstić information content (AvgIpc) is 2.61. The summed E-state index contributed by atoms with van der Waals surface area (Å²) in [6.07, 6.45) is -4.15. The number of ether oxygens (including phenoxy) is 1. The highest BCUT2D eigenvalue weighted by molar-refractivity contribution is 6.30. The Bertz CT molecular complexity index is 780. The van der Waals surface area contributed by atoms with Gasteiger partial charge in [0.2, 0.25) is 5.91 Å². The lowest BCUT2D eigenvalue weighted by molar-refractivity contribution is -0.137. The lowest BCUT2D eigenvalue weighted by Gasteiger charge is -2.18. The standard InChI is InChI=1S/C19H20ClF3N2O2/c1-25(12-13-3-5-14(6-4-13)19(21,22)23)18(26)9-10-24-16-11-15(20)7-8-17(16)27-2/h3-8,11,24H,9-10,12H2,1-2H3. The van der Waals surface area contributed by atoms with Gasteiger partial charge in [0.1, 0.15) is 5.75 Å². The summed E-state index contributed by atoms with van der Waals surface area (Å²) in [5.41, 5.74) is 0.603. The summed E-state index contributed by atoms with van der Waals surface area (Å²) in [5, 5.41) is 3.64. The smallest absolute Gasteiger partial charge is 0.416 e. The van der Waals surface area contributed by atoms with Crippen LogP contribution in [0.4, 0.5) is 18.9 Å². The third kappa shape index (κ3) is 6.06. The Morgan fingerprint density at radius 2 is 1.85 bits per heavy atom. The minimum absolute atomic E-state index is 0.136. The fraction of sp³-hybridized carbons (Fsp3) is 0.316. The number of nitrogens with zero attached hydrogens (tertiary/aromatic N) is 1. The maximum Gasteiger partial charge on any atom is 0.416 e. The zero-order chi connectivity index (χ0) is 20.0. The van der Waals surface area contributed by atoms with Crippen molar-refractivity contribution in [1.82, 2.24) is 4.90 Å². The summed E-state index contributed by atoms with van der Waals surface area (Å²) >= 11 is 5.95. The molecule has 146 valence electrons. The maximum atomic E-state index is 12.6. The van der Waals surface area contributed by atoms with Crippen LogP contribution in [0.5, 0.6) is 5.75 Å². The van der Waals surface area contributed by atoms with Crippen molar-refractivity contribution >= 4 is 23.2 Å². The van der Waals surface area contributed by atoms with E-state index in [1.54, 1.807) is 25.2 Å². The van der Waals surface area contributed by atoms with Crippen molar-refractivity contribution in [3.63, 3.8) is 0 Å². The molecule has 0 aliphatic heterocycles. The van der Waals surface area contributed by atoms with Gasteiger partial charge in [0.25, 0.3) is 0 Å². The van der Waals surface area contributed by atoms with Crippen LogP contribution in [0.1, 0.15) is 17.5 Å². The molecule has 0 bridgehead atoms. The van der Waals surface area contributed by atoms with Crippen LogP contribution in [-0.4, -0.2) is 31.5 Å². The summed E-state index contributed by atoms with van der Waals surface area (Å²) in [6.45, 7) is 0.602. The van der Waals surface area contributed by atoms with E-state index in [-0.39, 0.29) is 18.9 Å². The predicted molar refractivity (Wildman–Crippen MR) is 99.0 cm³/mol. The number of hydrogen-bond donors (Lipinski definition) is 1. The molecule has 1 N–H and O–H groups in total. The number of halogens is 4. The minimum Gasteiger partial charge on any atom is -0.495 e. The number of amides is 1. The molecule has 8 heteroatoms. The Balaban J connectivity index is 1.86. The normalized spacial score (nSPS) is 11.2. The van der Waals surface area contributed by atoms with Crippen LogP contribution < -0.4 is 10.1 Å². The van der Waals surface area contributed by atoms with Crippen molar-refractivity contribution < 1.29 is 22.7 Å². The molecule has 0 fully saturated rings. The number of anilines is 1. The zero-order valence-electron chi connectivity index (χ0n) is 14.9. The fourth-order valence-corrected chi connectivity index (χ4v) is 2.65. The highest BCUT2D eigenvalue weighted by Gasteiger charge is 2.29. The van der Waals surface area contributed by atoms with Crippen molar-refractivity contribution in [3.8, 4) is 5.75 Å². The number of carbonyl (C=O) groups excluding carboxylic acids is 1. The molecule has 0 spiro atoms. The van der Waals surface area contributed by atoms with E-state index >= 15 is 0 Å². The van der Waals surface area contributed by atoms with Gasteiger partial charge in [0, 0.05) is 31.6 Å². The van der Waals surface area contributed by atoms with Gasteiger partial charge >= 0.3 is 6.18 Å². The molecule has 2 aromatic rings. The molecule has 0 atom stereocenters. The van der Waals surface area contributed by atoms with Gasteiger partial charge in [-0.3, -0.25) is 4.79 Å². The van der Waals surface area contributed by atoms with Crippen LogP contribution in [0.3, 0.4) is 0 Å². The molecule has 2 aromatic carbocycles. The number of nitrogens with one attached hydrogen (secondary N) is 1. The molecule has 0 radical (unpaired) electrons. The number of alkyl halides is 3. The van der Waals surface area contributed by atoms with Crippen LogP contribution in [-0.2, 0) is 17.5 Å². The van der Waals surface area contributed by atoms with E-state index in [2.05, 4.69) is 5.32 Å². The van der Waals surface area contributed by atoms with Gasteiger partial charge in [-0.05, 0) is 35.9 Å². The van der Waals surface area contributed by atoms with E-state index in [1.807, 2.05) is 0 Å². The second-order valence-corrected chi connectivity index (χ2v) is 6.40. The molecule has 0 saturated heterocycles. The Morgan fingerprint density at radius 1 is 1.19 bits per heavy atom. The minimum atomic E-state index is -4.37. The van der Waals surface area contributed by atoms with E-state index in [9.17, 15) is 18.0 Å². The Hall–Kier alpha value is -2.41. The van der Waals surface area contributed by atoms with Gasteiger partial charge in [0.05, 0.1) is 18.4 Å². The lowest BCUT2D eigenvalue weighted by atomic mass is 10.1. The van der Waals surface area contributed by atoms with E-state index in [0.29, 0.717) is 28.6 Å². The largest absolute Gasteiger partial charge is 0.495 e. The van der Waals surface area contributed by atoms with E-state index in [0.717, 1.165) is 12.1 Å². The second-order valence-electron chi connectivity index (χ2n) is 5.97. The zero-order valence-corrected chi connectivity index (χ0v) is 15.7. The van der Waals surface area contributed by atoms with Crippen LogP contribution in [0, 0.1) is 0 Å². The molecule has 0 aliphatic rings. The molecular weight excluding hydrogens is 381 g/mol. The first kappa shape index (κ1) is 20.9. The fourth-order valence-electron chi connectivity index (χ4n) is 2.47. The quantitative estimate of drug-likeness (QED) is 0.724. The van der Waals surface area contributed by atoms with Crippen molar-refractivity contribution in [2.45, 2.75) is 19.1 Å². The number of hydrogen-bond acceptors (Lipinski definition) is 3. The van der Waals surface area contributed by atoms with Crippen LogP contribution in [0.25, 0.3) is 0 Å². The number of carbonyl (C=O) groups is 1. The first-order valence-corrected chi connectivity index (χ1v) is 8.56. The number of methoxy groups -OCH3 is 1. The molecular formula is C19H20ClF3N2O2. The third-order valence-electron chi connectivity index (χ3n) is 3.94. The van der Waals surface area contributed by atoms with Gasteiger partial charge in [-0.15, -0.1) is 0 Å². The molecule has 1 amide bonds. The van der Waals surface area contributed by atoms with Crippen molar-refractivity contribution in [2.24, 2.45) is 0 Å². The van der Waals surface area contributed by atoms with Gasteiger partial charge in [-0.2, -0.15) is 13.2 Å². The molecule has 0 aromatic heterocycles. The van der Waals surface area contributed by atoms with Crippen molar-refractivity contribution in [2.75, 3.05) is 26.0 Å². The summed E-state index contributed by atoms with van der Waals surface area (Å²) in [7, 11) is 3.15. The molecule has 0 unspecified atom stereocenters. The van der Waals surface area contributed by atoms with E-state index in [1.165, 1.54) is 24.1 Å². The topological polar surface area (TPSA) is 41.6 Å². The Morgan fingerprint density at radius 3 is 2.44 bits per heavy atom. The monoisotopic (exact) mass is 400 g/mol. The average molecular weight is 401 g/mol. The Labute approximate surface area is 160 Å². The summed E-state index contributed by atoms with van der Waals surface area (Å²) in [6, 6.07) is 9.92. The lowest BCUT2D eigenvalue weighted by Crippen LogP contribution is -2.27. The summed E-state index contributed by atoms with van der Waals surface area (Å²) in [4.78, 5) is 13.7. The van der Waals surface area contributed by atoms with Crippen molar-refractivity contribution in [3.05, 3.63) is 58.6 Å². The number of rotatable bonds is 7. The first-order valence-electron chi connectivity index (χ1n) is 8.18. The van der Waals surface area contributed by atoms with E-state index < -0.39 is 11.7 Å². The predicted octanol–water partition coefficient (Wildman–Crippen LogP) is 4.83. The molecule has 2 rings (SSSR count). The summed E-state index contributed by atoms with van der Waals surface area (Å²) in [5.74, 6) is 0.480. The van der Waals surface area contributed by atoms with Crippen LogP contribution in [0.2, 0.25) is 5.02 Å². The van der Waals surface area contributed by atoms with Gasteiger partial charge in [-0.1, -0.05) is 23.7 Å². The van der Waals surface area contributed by atoms with Gasteiger partial charge < -0.3 is 15.0 Å². The highest BCUT2D eigenvalue weighted by atomic mass is 35.5. The third-order valence-corrected chi connectivity index (χ3v) is 4.18. The highest BCUT2D eigenvalue weighted by Crippen LogP contribution is 2.29. The van der Waals surface area contributed by atoms with Gasteiger partial charge in [0.15, 0.2) is 0 Å². The molecule has 0 saturated carbocycles. The maximum absolute atomic E-state index is 12.6. The molecule has 4 nitrogen and oxygen atoms in total. The molecule has 0 heterocycles. The summed E-state index contributed by atoms with van der Waals surface area (Å²) < 4.78 is 43.0. The van der Waals surface area contributed by atoms with Gasteiger partial charge in [-0.25, -0.2) is 0 Å². The second kappa shape index (κ2) is 8.99.